The summed E-state index contributed by atoms with van der Waals surface area (Å²) in [6, 6.07) is 2.87. The Bertz CT molecular complexity index is 496. The first kappa shape index (κ1) is 18.2. The minimum absolute atomic E-state index is 0.0540. The molecule has 1 aromatic rings. The van der Waals surface area contributed by atoms with Crippen LogP contribution in [-0.4, -0.2) is 47.9 Å². The smallest absolute Gasteiger partial charge is 0.317 e. The molecule has 5 nitrogen and oxygen atoms in total. The number of carbonyl (C=O) groups is 1. The first-order valence-electron chi connectivity index (χ1n) is 7.11. The number of urea groups is 1. The van der Waals surface area contributed by atoms with Crippen molar-refractivity contribution in [2.45, 2.75) is 32.9 Å². The number of nitrogens with zero attached hydrogens (tertiary/aromatic N) is 1. The highest BCUT2D eigenvalue weighted by molar-refractivity contribution is 5.74. The van der Waals surface area contributed by atoms with Crippen molar-refractivity contribution in [3.63, 3.8) is 0 Å². The average molecular weight is 316 g/mol. The van der Waals surface area contributed by atoms with Crippen molar-refractivity contribution in [2.24, 2.45) is 0 Å². The van der Waals surface area contributed by atoms with Gasteiger partial charge in [-0.25, -0.2) is 13.6 Å². The zero-order valence-electron chi connectivity index (χ0n) is 13.0. The fourth-order valence-electron chi connectivity index (χ4n) is 1.81. The van der Waals surface area contributed by atoms with Crippen LogP contribution in [0.3, 0.4) is 0 Å². The Morgan fingerprint density at radius 1 is 1.32 bits per heavy atom. The van der Waals surface area contributed by atoms with E-state index in [1.54, 1.807) is 6.92 Å². The molecule has 0 saturated heterocycles. The number of hydrogen-bond acceptors (Lipinski definition) is 3. The minimum atomic E-state index is -0.982. The lowest BCUT2D eigenvalue weighted by molar-refractivity contribution is 0.118. The van der Waals surface area contributed by atoms with E-state index in [0.717, 1.165) is 12.1 Å². The maximum Gasteiger partial charge on any atom is 0.317 e. The summed E-state index contributed by atoms with van der Waals surface area (Å²) in [7, 11) is 0. The second-order valence-corrected chi connectivity index (χ2v) is 5.25. The van der Waals surface area contributed by atoms with Gasteiger partial charge in [0.1, 0.15) is 12.4 Å². The lowest BCUT2D eigenvalue weighted by atomic mass is 10.3. The number of hydrogen-bond donors (Lipinski definition) is 2. The first-order chi connectivity index (χ1) is 10.3. The van der Waals surface area contributed by atoms with Gasteiger partial charge in [0.05, 0.1) is 12.6 Å². The standard InChI is InChI=1S/C15H22F2N2O3/c1-10(2)19(9-11(3)20)15(21)18-6-7-22-12-4-5-13(16)14(17)8-12/h4-5,8,10-11,20H,6-7,9H2,1-3H3,(H,18,21). The highest BCUT2D eigenvalue weighted by atomic mass is 19.2. The predicted octanol–water partition coefficient (Wildman–Crippen LogP) is 2.14. The van der Waals surface area contributed by atoms with Gasteiger partial charge < -0.3 is 20.1 Å². The molecular formula is C15H22F2N2O3. The summed E-state index contributed by atoms with van der Waals surface area (Å²) in [4.78, 5) is 13.5. The van der Waals surface area contributed by atoms with Crippen LogP contribution in [0, 0.1) is 11.6 Å². The lowest BCUT2D eigenvalue weighted by Gasteiger charge is -2.28. The largest absolute Gasteiger partial charge is 0.492 e. The molecule has 1 aromatic carbocycles. The van der Waals surface area contributed by atoms with Gasteiger partial charge in [0, 0.05) is 18.7 Å². The van der Waals surface area contributed by atoms with Gasteiger partial charge in [-0.15, -0.1) is 0 Å². The molecule has 1 rings (SSSR count). The highest BCUT2D eigenvalue weighted by Gasteiger charge is 2.18. The Hall–Kier alpha value is -1.89. The summed E-state index contributed by atoms with van der Waals surface area (Å²) in [5.41, 5.74) is 0. The van der Waals surface area contributed by atoms with Crippen LogP contribution in [0.25, 0.3) is 0 Å². The minimum Gasteiger partial charge on any atom is -0.492 e. The Morgan fingerprint density at radius 2 is 2.00 bits per heavy atom. The third-order valence-corrected chi connectivity index (χ3v) is 2.88. The number of aliphatic hydroxyl groups is 1. The van der Waals surface area contributed by atoms with Gasteiger partial charge in [-0.3, -0.25) is 0 Å². The van der Waals surface area contributed by atoms with Gasteiger partial charge in [-0.1, -0.05) is 0 Å². The molecular weight excluding hydrogens is 294 g/mol. The summed E-state index contributed by atoms with van der Waals surface area (Å²) in [6.45, 7) is 5.86. The molecule has 0 heterocycles. The number of amides is 2. The quantitative estimate of drug-likeness (QED) is 0.758. The van der Waals surface area contributed by atoms with E-state index < -0.39 is 17.7 Å². The number of ether oxygens (including phenoxy) is 1. The van der Waals surface area contributed by atoms with Crippen LogP contribution >= 0.6 is 0 Å². The molecule has 1 unspecified atom stereocenters. The number of carbonyl (C=O) groups excluding carboxylic acids is 1. The molecule has 0 radical (unpaired) electrons. The Labute approximate surface area is 128 Å². The van der Waals surface area contributed by atoms with E-state index in [9.17, 15) is 18.7 Å². The molecule has 0 aliphatic carbocycles. The summed E-state index contributed by atoms with van der Waals surface area (Å²) in [5, 5.41) is 12.0. The molecule has 0 bridgehead atoms. The number of nitrogens with one attached hydrogen (secondary N) is 1. The van der Waals surface area contributed by atoms with Crippen LogP contribution in [0.2, 0.25) is 0 Å². The van der Waals surface area contributed by atoms with E-state index >= 15 is 0 Å². The second-order valence-electron chi connectivity index (χ2n) is 5.25. The highest BCUT2D eigenvalue weighted by Crippen LogP contribution is 2.15. The van der Waals surface area contributed by atoms with Crippen molar-refractivity contribution in [3.05, 3.63) is 29.8 Å². The molecule has 22 heavy (non-hydrogen) atoms. The molecule has 0 aliphatic rings. The predicted molar refractivity (Wildman–Crippen MR) is 78.8 cm³/mol. The fraction of sp³-hybridized carbons (Fsp3) is 0.533. The summed E-state index contributed by atoms with van der Waals surface area (Å²) >= 11 is 0. The van der Waals surface area contributed by atoms with Crippen molar-refractivity contribution in [1.29, 1.82) is 0 Å². The first-order valence-corrected chi connectivity index (χ1v) is 7.11. The third-order valence-electron chi connectivity index (χ3n) is 2.88. The number of benzene rings is 1. The fourth-order valence-corrected chi connectivity index (χ4v) is 1.81. The summed E-state index contributed by atoms with van der Waals surface area (Å²) in [6.07, 6.45) is -0.619. The molecule has 0 spiro atoms. The van der Waals surface area contributed by atoms with Crippen molar-refractivity contribution < 1.29 is 23.4 Å². The van der Waals surface area contributed by atoms with Crippen molar-refractivity contribution in [2.75, 3.05) is 19.7 Å². The Balaban J connectivity index is 2.39. The van der Waals surface area contributed by atoms with Gasteiger partial charge in [-0.2, -0.15) is 0 Å². The SMILES string of the molecule is CC(O)CN(C(=O)NCCOc1ccc(F)c(F)c1)C(C)C. The molecule has 2 amide bonds. The maximum atomic E-state index is 13.0. The normalized spacial score (nSPS) is 12.1. The zero-order valence-corrected chi connectivity index (χ0v) is 13.0. The van der Waals surface area contributed by atoms with Crippen molar-refractivity contribution >= 4 is 6.03 Å². The van der Waals surface area contributed by atoms with Gasteiger partial charge in [0.15, 0.2) is 11.6 Å². The van der Waals surface area contributed by atoms with E-state index in [1.165, 1.54) is 11.0 Å². The van der Waals surface area contributed by atoms with Crippen molar-refractivity contribution in [3.8, 4) is 5.75 Å². The summed E-state index contributed by atoms with van der Waals surface area (Å²) < 4.78 is 30.9. The second kappa shape index (κ2) is 8.53. The van der Waals surface area contributed by atoms with Crippen LogP contribution in [0.4, 0.5) is 13.6 Å². The third kappa shape index (κ3) is 5.85. The molecule has 0 aliphatic heterocycles. The Kier molecular flexibility index (Phi) is 7.04. The van der Waals surface area contributed by atoms with Gasteiger partial charge in [0.2, 0.25) is 0 Å². The molecule has 1 atom stereocenters. The van der Waals surface area contributed by atoms with Crippen LogP contribution in [0.15, 0.2) is 18.2 Å². The Morgan fingerprint density at radius 3 is 2.55 bits per heavy atom. The molecule has 2 N–H and O–H groups in total. The maximum absolute atomic E-state index is 13.0. The van der Waals surface area contributed by atoms with Gasteiger partial charge >= 0.3 is 6.03 Å². The number of aliphatic hydroxyl groups excluding tert-OH is 1. The molecule has 0 fully saturated rings. The van der Waals surface area contributed by atoms with E-state index in [4.69, 9.17) is 4.74 Å². The monoisotopic (exact) mass is 316 g/mol. The molecule has 7 heteroatoms. The number of rotatable bonds is 7. The van der Waals surface area contributed by atoms with E-state index in [0.29, 0.717) is 0 Å². The van der Waals surface area contributed by atoms with Crippen LogP contribution in [-0.2, 0) is 0 Å². The summed E-state index contributed by atoms with van der Waals surface area (Å²) in [5.74, 6) is -1.73. The van der Waals surface area contributed by atoms with Crippen LogP contribution in [0.5, 0.6) is 5.75 Å². The molecule has 0 aromatic heterocycles. The van der Waals surface area contributed by atoms with Crippen molar-refractivity contribution in [1.82, 2.24) is 10.2 Å². The van der Waals surface area contributed by atoms with E-state index in [-0.39, 0.29) is 37.5 Å². The molecule has 124 valence electrons. The van der Waals surface area contributed by atoms with Crippen LogP contribution in [0.1, 0.15) is 20.8 Å². The van der Waals surface area contributed by atoms with Gasteiger partial charge in [0.25, 0.3) is 0 Å². The van der Waals surface area contributed by atoms with E-state index in [1.807, 2.05) is 13.8 Å². The topological polar surface area (TPSA) is 61.8 Å². The molecule has 0 saturated carbocycles. The van der Waals surface area contributed by atoms with E-state index in [2.05, 4.69) is 5.32 Å². The lowest BCUT2D eigenvalue weighted by Crippen LogP contribution is -2.47. The zero-order chi connectivity index (χ0) is 16.7. The van der Waals surface area contributed by atoms with Gasteiger partial charge in [-0.05, 0) is 32.9 Å². The van der Waals surface area contributed by atoms with Crippen LogP contribution < -0.4 is 10.1 Å². The number of halogens is 2. The average Bonchev–Trinajstić information content (AvgIpc) is 2.44.